The van der Waals surface area contributed by atoms with Crippen LogP contribution in [0.1, 0.15) is 11.8 Å². The Morgan fingerprint density at radius 3 is 2.67 bits per heavy atom. The first-order valence-corrected chi connectivity index (χ1v) is 12.4. The number of likely N-dealkylation sites (N-methyl/N-ethyl adjacent to an activating group) is 1. The van der Waals surface area contributed by atoms with Gasteiger partial charge in [0.1, 0.15) is 12.5 Å². The van der Waals surface area contributed by atoms with Gasteiger partial charge >= 0.3 is 0 Å². The van der Waals surface area contributed by atoms with E-state index in [4.69, 9.17) is 4.98 Å². The summed E-state index contributed by atoms with van der Waals surface area (Å²) in [6.45, 7) is 8.20. The Morgan fingerprint density at radius 1 is 0.970 bits per heavy atom. The molecular formula is C26H26N6S. The van der Waals surface area contributed by atoms with E-state index in [0.29, 0.717) is 6.67 Å². The molecule has 6 rings (SSSR count). The van der Waals surface area contributed by atoms with Crippen molar-refractivity contribution in [1.82, 2.24) is 14.9 Å². The molecule has 1 fully saturated rings. The highest BCUT2D eigenvalue weighted by Gasteiger charge is 2.24. The van der Waals surface area contributed by atoms with Crippen molar-refractivity contribution in [1.29, 1.82) is 0 Å². The normalized spacial score (nSPS) is 16.4. The molecule has 1 saturated heterocycles. The van der Waals surface area contributed by atoms with Crippen molar-refractivity contribution in [2.75, 3.05) is 49.2 Å². The fourth-order valence-electron chi connectivity index (χ4n) is 4.66. The van der Waals surface area contributed by atoms with E-state index < -0.39 is 0 Å². The Labute approximate surface area is 197 Å². The van der Waals surface area contributed by atoms with Crippen molar-refractivity contribution in [3.63, 3.8) is 0 Å². The zero-order valence-corrected chi connectivity index (χ0v) is 19.5. The maximum atomic E-state index is 4.83. The number of rotatable bonds is 4. The quantitative estimate of drug-likeness (QED) is 0.433. The third-order valence-corrected chi connectivity index (χ3v) is 7.49. The molecule has 0 aliphatic carbocycles. The molecule has 4 aromatic rings. The van der Waals surface area contributed by atoms with Crippen molar-refractivity contribution in [2.45, 2.75) is 6.92 Å². The number of anilines is 3. The number of thiophene rings is 1. The van der Waals surface area contributed by atoms with Crippen LogP contribution in [-0.2, 0) is 0 Å². The van der Waals surface area contributed by atoms with Crippen LogP contribution >= 0.6 is 11.3 Å². The number of fused-ring (bicyclic) bond motifs is 2. The number of para-hydroxylation sites is 1. The van der Waals surface area contributed by atoms with Gasteiger partial charge in [0.2, 0.25) is 0 Å². The topological polar surface area (TPSA) is 47.9 Å². The van der Waals surface area contributed by atoms with Gasteiger partial charge in [0.25, 0.3) is 0 Å². The minimum atomic E-state index is 0.591. The van der Waals surface area contributed by atoms with E-state index in [1.807, 2.05) is 24.7 Å². The molecule has 0 atom stereocenters. The fourth-order valence-corrected chi connectivity index (χ4v) is 5.62. The van der Waals surface area contributed by atoms with Crippen molar-refractivity contribution < 1.29 is 0 Å². The lowest BCUT2D eigenvalue weighted by atomic mass is 10.0. The lowest BCUT2D eigenvalue weighted by molar-refractivity contribution is 0.270. The van der Waals surface area contributed by atoms with Crippen LogP contribution in [0.15, 0.2) is 65.2 Å². The van der Waals surface area contributed by atoms with Crippen LogP contribution in [0, 0.1) is 0 Å². The average Bonchev–Trinajstić information content (AvgIpc) is 3.33. The standard InChI is InChI=1S/C26H26N6S/c1-2-30-9-11-31(12-10-30)25-8-7-21(15-29-25)32-18-27-16-24-26(32)22(17-33-24)20-13-19-5-3-4-6-23(19)28-14-20/h3-8,13-17H,2,9-12,18H2,1H3. The van der Waals surface area contributed by atoms with Gasteiger partial charge in [0, 0.05) is 60.5 Å². The number of aromatic nitrogens is 2. The highest BCUT2D eigenvalue weighted by molar-refractivity contribution is 7.13. The van der Waals surface area contributed by atoms with Gasteiger partial charge in [-0.15, -0.1) is 11.3 Å². The molecule has 2 aliphatic rings. The predicted octanol–water partition coefficient (Wildman–Crippen LogP) is 5.03. The van der Waals surface area contributed by atoms with Crippen molar-refractivity contribution in [2.24, 2.45) is 4.99 Å². The first kappa shape index (κ1) is 20.3. The summed E-state index contributed by atoms with van der Waals surface area (Å²) >= 11 is 1.73. The lowest BCUT2D eigenvalue weighted by Crippen LogP contribution is -2.46. The van der Waals surface area contributed by atoms with Crippen LogP contribution in [0.5, 0.6) is 0 Å². The minimum Gasteiger partial charge on any atom is -0.354 e. The summed E-state index contributed by atoms with van der Waals surface area (Å²) in [7, 11) is 0. The Bertz CT molecular complexity index is 1300. The molecule has 166 valence electrons. The van der Waals surface area contributed by atoms with Crippen LogP contribution in [0.2, 0.25) is 0 Å². The molecule has 3 aromatic heterocycles. The van der Waals surface area contributed by atoms with E-state index >= 15 is 0 Å². The molecule has 0 amide bonds. The molecule has 1 aromatic carbocycles. The number of aliphatic imine (C=N–C) groups is 1. The second-order valence-corrected chi connectivity index (χ2v) is 9.37. The molecule has 0 unspecified atom stereocenters. The monoisotopic (exact) mass is 454 g/mol. The molecule has 33 heavy (non-hydrogen) atoms. The molecule has 0 bridgehead atoms. The second-order valence-electron chi connectivity index (χ2n) is 8.46. The van der Waals surface area contributed by atoms with Crippen molar-refractivity contribution in [3.8, 4) is 11.1 Å². The van der Waals surface area contributed by atoms with Gasteiger partial charge in [-0.25, -0.2) is 4.98 Å². The molecule has 6 nitrogen and oxygen atoms in total. The lowest BCUT2D eigenvalue weighted by Gasteiger charge is -2.35. The van der Waals surface area contributed by atoms with Gasteiger partial charge in [-0.2, -0.15) is 0 Å². The van der Waals surface area contributed by atoms with Crippen LogP contribution in [0.3, 0.4) is 0 Å². The van der Waals surface area contributed by atoms with Gasteiger partial charge < -0.3 is 14.7 Å². The summed E-state index contributed by atoms with van der Waals surface area (Å²) in [6.07, 6.45) is 5.96. The van der Waals surface area contributed by atoms with Crippen molar-refractivity contribution in [3.05, 3.63) is 65.1 Å². The fraction of sp³-hybridized carbons (Fsp3) is 0.269. The van der Waals surface area contributed by atoms with Gasteiger partial charge in [0.15, 0.2) is 0 Å². The minimum absolute atomic E-state index is 0.591. The van der Waals surface area contributed by atoms with E-state index in [9.17, 15) is 0 Å². The number of piperazine rings is 1. The molecule has 0 spiro atoms. The Hall–Kier alpha value is -3.29. The summed E-state index contributed by atoms with van der Waals surface area (Å²) in [6, 6.07) is 14.8. The van der Waals surface area contributed by atoms with E-state index in [-0.39, 0.29) is 0 Å². The number of hydrogen-bond donors (Lipinski definition) is 0. The Balaban J connectivity index is 1.31. The molecule has 0 N–H and O–H groups in total. The third kappa shape index (κ3) is 3.77. The highest BCUT2D eigenvalue weighted by atomic mass is 32.1. The maximum absolute atomic E-state index is 4.83. The van der Waals surface area contributed by atoms with Crippen LogP contribution in [-0.4, -0.2) is 60.5 Å². The van der Waals surface area contributed by atoms with Gasteiger partial charge in [-0.05, 0) is 30.8 Å². The van der Waals surface area contributed by atoms with Gasteiger partial charge in [-0.1, -0.05) is 25.1 Å². The summed E-state index contributed by atoms with van der Waals surface area (Å²) < 4.78 is 0. The van der Waals surface area contributed by atoms with Gasteiger partial charge in [0.05, 0.1) is 28.0 Å². The largest absolute Gasteiger partial charge is 0.354 e. The SMILES string of the molecule is CCN1CCN(c2ccc(N3CN=Cc4scc(-c5cnc6ccccc6c5)c43)cn2)CC1. The smallest absolute Gasteiger partial charge is 0.128 e. The van der Waals surface area contributed by atoms with E-state index in [2.05, 4.69) is 73.4 Å². The van der Waals surface area contributed by atoms with E-state index in [1.54, 1.807) is 11.3 Å². The average molecular weight is 455 g/mol. The van der Waals surface area contributed by atoms with Gasteiger partial charge in [-0.3, -0.25) is 9.98 Å². The first-order valence-electron chi connectivity index (χ1n) is 11.5. The molecule has 0 saturated carbocycles. The van der Waals surface area contributed by atoms with E-state index in [0.717, 1.165) is 60.7 Å². The van der Waals surface area contributed by atoms with Crippen molar-refractivity contribution >= 4 is 45.6 Å². The summed E-state index contributed by atoms with van der Waals surface area (Å²) in [5, 5.41) is 3.37. The number of hydrogen-bond acceptors (Lipinski definition) is 7. The summed E-state index contributed by atoms with van der Waals surface area (Å²) in [5.74, 6) is 1.06. The van der Waals surface area contributed by atoms with Crippen LogP contribution in [0.4, 0.5) is 17.2 Å². The zero-order valence-electron chi connectivity index (χ0n) is 18.7. The molecular weight excluding hydrogens is 428 g/mol. The Kier molecular flexibility index (Phi) is 5.28. The Morgan fingerprint density at radius 2 is 1.85 bits per heavy atom. The molecule has 5 heterocycles. The maximum Gasteiger partial charge on any atom is 0.128 e. The number of nitrogens with zero attached hydrogens (tertiary/aromatic N) is 6. The summed E-state index contributed by atoms with van der Waals surface area (Å²) in [5.41, 5.74) is 5.60. The zero-order chi connectivity index (χ0) is 22.2. The predicted molar refractivity (Wildman–Crippen MR) is 138 cm³/mol. The number of pyridine rings is 2. The summed E-state index contributed by atoms with van der Waals surface area (Å²) in [4.78, 5) is 22.4. The first-order chi connectivity index (χ1) is 16.3. The molecule has 0 radical (unpaired) electrons. The second kappa shape index (κ2) is 8.57. The van der Waals surface area contributed by atoms with Crippen LogP contribution in [0.25, 0.3) is 22.0 Å². The molecule has 7 heteroatoms. The highest BCUT2D eigenvalue weighted by Crippen LogP contribution is 2.43. The molecule has 2 aliphatic heterocycles. The van der Waals surface area contributed by atoms with E-state index in [1.165, 1.54) is 16.1 Å². The third-order valence-electron chi connectivity index (χ3n) is 6.58. The number of benzene rings is 1. The van der Waals surface area contributed by atoms with Crippen LogP contribution < -0.4 is 9.80 Å².